The Bertz CT molecular complexity index is 1100. The summed E-state index contributed by atoms with van der Waals surface area (Å²) in [5.41, 5.74) is 2.29. The van der Waals surface area contributed by atoms with Crippen molar-refractivity contribution in [3.63, 3.8) is 0 Å². The zero-order chi connectivity index (χ0) is 22.0. The third-order valence-corrected chi connectivity index (χ3v) is 6.07. The normalized spacial score (nSPS) is 17.0. The first kappa shape index (κ1) is 21.6. The van der Waals surface area contributed by atoms with E-state index in [9.17, 15) is 4.79 Å². The van der Waals surface area contributed by atoms with Gasteiger partial charge in [0.1, 0.15) is 29.6 Å². The zero-order valence-electron chi connectivity index (χ0n) is 17.3. The first-order valence-electron chi connectivity index (χ1n) is 10.0. The number of ether oxygens (including phenoxy) is 2. The Hall–Kier alpha value is -2.63. The maximum atomic E-state index is 12.6. The molecule has 0 N–H and O–H groups in total. The molecule has 3 aromatic rings. The van der Waals surface area contributed by atoms with E-state index < -0.39 is 11.5 Å². The lowest BCUT2D eigenvalue weighted by atomic mass is 9.83. The number of benzene rings is 2. The Morgan fingerprint density at radius 3 is 2.52 bits per heavy atom. The lowest BCUT2D eigenvalue weighted by Gasteiger charge is -2.33. The maximum absolute atomic E-state index is 12.6. The number of carbonyl (C=O) groups excluding carboxylic acids is 1. The number of carbonyl (C=O) groups is 1. The highest BCUT2D eigenvalue weighted by Crippen LogP contribution is 2.40. The van der Waals surface area contributed by atoms with Crippen molar-refractivity contribution >= 4 is 29.2 Å². The first-order chi connectivity index (χ1) is 14.9. The van der Waals surface area contributed by atoms with Crippen LogP contribution in [0.2, 0.25) is 10.0 Å². The molecule has 0 radical (unpaired) electrons. The van der Waals surface area contributed by atoms with Gasteiger partial charge in [-0.1, -0.05) is 53.5 Å². The molecular formula is C24H22Cl2N2O3. The summed E-state index contributed by atoms with van der Waals surface area (Å²) in [6, 6.07) is 13.3. The molecule has 4 rings (SSSR count). The molecule has 1 aliphatic rings. The lowest BCUT2D eigenvalue weighted by Crippen LogP contribution is -2.39. The number of fused-ring (bicyclic) bond motifs is 1. The standard InChI is InChI=1S/C24H22Cl2N2O3/c1-24(2)22-20(27-12-13-28-22)19(31-23(24)29)11-8-16-17(25)9-10-18(26)21(16)30-14-15-6-4-3-5-7-15/h3-7,9-10,12-13,19H,8,11,14H2,1-2H3. The van der Waals surface area contributed by atoms with E-state index in [1.807, 2.05) is 30.3 Å². The molecular weight excluding hydrogens is 435 g/mol. The highest BCUT2D eigenvalue weighted by atomic mass is 35.5. The fourth-order valence-electron chi connectivity index (χ4n) is 3.66. The van der Waals surface area contributed by atoms with Crippen LogP contribution in [0.3, 0.4) is 0 Å². The quantitative estimate of drug-likeness (QED) is 0.433. The minimum Gasteiger partial charge on any atom is -0.487 e. The molecule has 1 aromatic heterocycles. The Morgan fingerprint density at radius 1 is 1.03 bits per heavy atom. The molecule has 1 aliphatic heterocycles. The summed E-state index contributed by atoms with van der Waals surface area (Å²) in [6.45, 7) is 3.96. The second kappa shape index (κ2) is 8.85. The van der Waals surface area contributed by atoms with E-state index in [1.165, 1.54) is 0 Å². The van der Waals surface area contributed by atoms with E-state index in [1.54, 1.807) is 38.4 Å². The minimum absolute atomic E-state index is 0.316. The van der Waals surface area contributed by atoms with E-state index in [4.69, 9.17) is 32.7 Å². The molecule has 0 saturated heterocycles. The highest BCUT2D eigenvalue weighted by molar-refractivity contribution is 6.34. The molecule has 0 fully saturated rings. The zero-order valence-corrected chi connectivity index (χ0v) is 18.8. The van der Waals surface area contributed by atoms with Gasteiger partial charge in [0.2, 0.25) is 0 Å². The summed E-state index contributed by atoms with van der Waals surface area (Å²) in [5, 5.41) is 1.03. The average molecular weight is 457 g/mol. The summed E-state index contributed by atoms with van der Waals surface area (Å²) in [4.78, 5) is 21.4. The van der Waals surface area contributed by atoms with Gasteiger partial charge < -0.3 is 9.47 Å². The summed E-state index contributed by atoms with van der Waals surface area (Å²) >= 11 is 12.9. The Labute approximate surface area is 191 Å². The van der Waals surface area contributed by atoms with Crippen LogP contribution in [0.25, 0.3) is 0 Å². The van der Waals surface area contributed by atoms with Gasteiger partial charge in [0.25, 0.3) is 0 Å². The van der Waals surface area contributed by atoms with Crippen LogP contribution >= 0.6 is 23.2 Å². The second-order valence-electron chi connectivity index (χ2n) is 7.96. The van der Waals surface area contributed by atoms with Crippen LogP contribution in [-0.4, -0.2) is 15.9 Å². The maximum Gasteiger partial charge on any atom is 0.318 e. The Balaban J connectivity index is 1.57. The summed E-state index contributed by atoms with van der Waals surface area (Å²) < 4.78 is 11.8. The Morgan fingerprint density at radius 2 is 1.74 bits per heavy atom. The van der Waals surface area contributed by atoms with Gasteiger partial charge in [0.15, 0.2) is 0 Å². The third kappa shape index (κ3) is 4.39. The minimum atomic E-state index is -0.836. The molecule has 1 unspecified atom stereocenters. The fourth-order valence-corrected chi connectivity index (χ4v) is 4.13. The van der Waals surface area contributed by atoms with E-state index >= 15 is 0 Å². The monoisotopic (exact) mass is 456 g/mol. The number of esters is 1. The number of nitrogens with zero attached hydrogens (tertiary/aromatic N) is 2. The van der Waals surface area contributed by atoms with E-state index in [0.29, 0.717) is 46.6 Å². The van der Waals surface area contributed by atoms with Crippen molar-refractivity contribution in [2.45, 2.75) is 44.8 Å². The lowest BCUT2D eigenvalue weighted by molar-refractivity contribution is -0.158. The van der Waals surface area contributed by atoms with Crippen molar-refractivity contribution in [1.82, 2.24) is 9.97 Å². The molecule has 1 atom stereocenters. The Kier molecular flexibility index (Phi) is 6.17. The van der Waals surface area contributed by atoms with Crippen LogP contribution in [0.15, 0.2) is 54.9 Å². The molecule has 0 saturated carbocycles. The molecule has 0 amide bonds. The third-order valence-electron chi connectivity index (χ3n) is 5.42. The van der Waals surface area contributed by atoms with Gasteiger partial charge in [-0.3, -0.25) is 14.8 Å². The van der Waals surface area contributed by atoms with E-state index in [-0.39, 0.29) is 5.97 Å². The topological polar surface area (TPSA) is 61.3 Å². The van der Waals surface area contributed by atoms with Gasteiger partial charge in [0.05, 0.1) is 10.7 Å². The number of halogens is 2. The smallest absolute Gasteiger partial charge is 0.318 e. The second-order valence-corrected chi connectivity index (χ2v) is 8.77. The molecule has 0 spiro atoms. The SMILES string of the molecule is CC1(C)C(=O)OC(CCc2c(Cl)ccc(Cl)c2OCc2ccccc2)c2nccnc21. The van der Waals surface area contributed by atoms with Crippen LogP contribution in [-0.2, 0) is 28.0 Å². The average Bonchev–Trinajstić information content (AvgIpc) is 2.77. The summed E-state index contributed by atoms with van der Waals surface area (Å²) in [6.07, 6.45) is 3.68. The number of rotatable bonds is 6. The van der Waals surface area contributed by atoms with Crippen LogP contribution in [0.4, 0.5) is 0 Å². The molecule has 0 bridgehead atoms. The largest absolute Gasteiger partial charge is 0.487 e. The molecule has 0 aliphatic carbocycles. The fraction of sp³-hybridized carbons (Fsp3) is 0.292. The van der Waals surface area contributed by atoms with Crippen molar-refractivity contribution in [2.24, 2.45) is 0 Å². The number of hydrogen-bond donors (Lipinski definition) is 0. The van der Waals surface area contributed by atoms with Gasteiger partial charge in [-0.15, -0.1) is 0 Å². The van der Waals surface area contributed by atoms with Crippen LogP contribution in [0.5, 0.6) is 5.75 Å². The molecule has 7 heteroatoms. The molecule has 2 aromatic carbocycles. The molecule has 160 valence electrons. The number of aromatic nitrogens is 2. The van der Waals surface area contributed by atoms with Crippen molar-refractivity contribution in [3.05, 3.63) is 87.4 Å². The van der Waals surface area contributed by atoms with Crippen LogP contribution in [0.1, 0.15) is 48.9 Å². The van der Waals surface area contributed by atoms with Crippen molar-refractivity contribution in [1.29, 1.82) is 0 Å². The number of cyclic esters (lactones) is 1. The van der Waals surface area contributed by atoms with Crippen molar-refractivity contribution < 1.29 is 14.3 Å². The van der Waals surface area contributed by atoms with Crippen LogP contribution in [0, 0.1) is 0 Å². The van der Waals surface area contributed by atoms with Gasteiger partial charge in [-0.2, -0.15) is 0 Å². The van der Waals surface area contributed by atoms with E-state index in [0.717, 1.165) is 11.1 Å². The molecule has 5 nitrogen and oxygen atoms in total. The predicted octanol–water partition coefficient (Wildman–Crippen LogP) is 5.87. The highest BCUT2D eigenvalue weighted by Gasteiger charge is 2.43. The number of hydrogen-bond acceptors (Lipinski definition) is 5. The van der Waals surface area contributed by atoms with Crippen molar-refractivity contribution in [2.75, 3.05) is 0 Å². The predicted molar refractivity (Wildman–Crippen MR) is 119 cm³/mol. The van der Waals surface area contributed by atoms with Crippen LogP contribution < -0.4 is 4.74 Å². The molecule has 31 heavy (non-hydrogen) atoms. The summed E-state index contributed by atoms with van der Waals surface area (Å²) in [5.74, 6) is 0.225. The van der Waals surface area contributed by atoms with Crippen molar-refractivity contribution in [3.8, 4) is 5.75 Å². The molecule has 2 heterocycles. The van der Waals surface area contributed by atoms with Gasteiger partial charge >= 0.3 is 5.97 Å². The first-order valence-corrected chi connectivity index (χ1v) is 10.8. The van der Waals surface area contributed by atoms with Gasteiger partial charge in [-0.05, 0) is 44.4 Å². The van der Waals surface area contributed by atoms with Gasteiger partial charge in [-0.25, -0.2) is 0 Å². The van der Waals surface area contributed by atoms with Gasteiger partial charge in [0, 0.05) is 23.0 Å². The summed E-state index contributed by atoms with van der Waals surface area (Å²) in [7, 11) is 0. The van der Waals surface area contributed by atoms with E-state index in [2.05, 4.69) is 9.97 Å².